The minimum atomic E-state index is -1.20. The average molecular weight is 2030 g/mol. The second-order valence-corrected chi connectivity index (χ2v) is 32.1. The lowest BCUT2D eigenvalue weighted by molar-refractivity contribution is -0.193. The van der Waals surface area contributed by atoms with E-state index in [-0.39, 0.29) is 145 Å². The molecule has 7 aromatic rings. The number of halogens is 6. The second-order valence-electron chi connectivity index (χ2n) is 32.1. The number of fused-ring (bicyclic) bond motifs is 6. The molecule has 44 nitrogen and oxygen atoms in total. The van der Waals surface area contributed by atoms with E-state index in [1.54, 1.807) is 41.9 Å². The maximum Gasteiger partial charge on any atom is 0.407 e. The van der Waals surface area contributed by atoms with E-state index in [1.807, 2.05) is 37.3 Å². The van der Waals surface area contributed by atoms with Crippen molar-refractivity contribution in [2.75, 3.05) is 149 Å². The summed E-state index contributed by atoms with van der Waals surface area (Å²) in [6.07, 6.45) is 4.24. The molecule has 0 aliphatic carbocycles. The molecule has 14 atom stereocenters. The first-order valence-electron chi connectivity index (χ1n) is 44.3. The van der Waals surface area contributed by atoms with E-state index in [0.29, 0.717) is 105 Å². The number of esters is 3. The van der Waals surface area contributed by atoms with Crippen molar-refractivity contribution in [1.82, 2.24) is 34.1 Å². The van der Waals surface area contributed by atoms with Gasteiger partial charge < -0.3 is 143 Å². The second kappa shape index (κ2) is 58.8. The average Bonchev–Trinajstić information content (AvgIpc) is 1.47. The molecule has 7 fully saturated rings. The number of nitrogens with one attached hydrogen (secondary N) is 2. The summed E-state index contributed by atoms with van der Waals surface area (Å²) in [5, 5.41) is 32.9. The number of aliphatic hydroxyl groups is 2. The van der Waals surface area contributed by atoms with Gasteiger partial charge in [-0.3, -0.25) is 33.6 Å². The Kier molecular flexibility index (Phi) is 48.7. The van der Waals surface area contributed by atoms with Crippen molar-refractivity contribution < 1.29 is 167 Å². The Morgan fingerprint density at radius 2 is 0.888 bits per heavy atom. The number of ether oxygens (including phenoxy) is 14. The van der Waals surface area contributed by atoms with Gasteiger partial charge in [0.15, 0.2) is 28.6 Å². The molecule has 143 heavy (non-hydrogen) atoms. The maximum atomic E-state index is 13.8. The highest BCUT2D eigenvalue weighted by Gasteiger charge is 2.46. The lowest BCUT2D eigenvalue weighted by Crippen LogP contribution is -2.49. The van der Waals surface area contributed by atoms with Crippen LogP contribution in [0, 0.1) is 66.5 Å². The molecule has 4 aromatic heterocycles. The number of hydrogen-bond donors (Lipinski definition) is 9. The van der Waals surface area contributed by atoms with Crippen molar-refractivity contribution in [3.8, 4) is 23.0 Å². The third kappa shape index (κ3) is 32.0. The highest BCUT2D eigenvalue weighted by Crippen LogP contribution is 2.37. The highest BCUT2D eigenvalue weighted by atomic mass is 19.2. The van der Waals surface area contributed by atoms with Gasteiger partial charge >= 0.3 is 36.3 Å². The van der Waals surface area contributed by atoms with Crippen molar-refractivity contribution in [2.45, 2.75) is 135 Å². The minimum absolute atomic E-state index is 0.0212. The van der Waals surface area contributed by atoms with Crippen molar-refractivity contribution in [2.24, 2.45) is 40.7 Å². The third-order valence-corrected chi connectivity index (χ3v) is 22.9. The molecule has 0 radical (unpaired) electrons. The zero-order valence-electron chi connectivity index (χ0n) is 81.7. The number of hydrogen-bond acceptors (Lipinski definition) is 37. The van der Waals surface area contributed by atoms with Crippen LogP contribution in [-0.2, 0) is 91.0 Å². The first-order chi connectivity index (χ1) is 68.4. The first kappa shape index (κ1) is 118. The number of carbonyl (C=O) groups excluding carboxylic acids is 11. The number of nitrogens with two attached hydrogens (primary N) is 4. The van der Waals surface area contributed by atoms with Crippen LogP contribution in [0.5, 0.6) is 23.0 Å². The van der Waals surface area contributed by atoms with Crippen LogP contribution in [0.2, 0.25) is 0 Å². The summed E-state index contributed by atoms with van der Waals surface area (Å²) in [5.41, 5.74) is 18.0. The highest BCUT2D eigenvalue weighted by molar-refractivity contribution is 6.00. The van der Waals surface area contributed by atoms with E-state index >= 15 is 0 Å². The normalized spacial score (nSPS) is 21.7. The smallest absolute Gasteiger partial charge is 0.407 e. The van der Waals surface area contributed by atoms with Gasteiger partial charge in [-0.25, -0.2) is 45.5 Å². The molecule has 7 saturated heterocycles. The number of aromatic hydroxyl groups is 1. The fraction of sp³-hybridized carbons (Fsp3) is 0.495. The molecule has 16 rings (SSSR count). The summed E-state index contributed by atoms with van der Waals surface area (Å²) in [6, 6.07) is 10.0. The van der Waals surface area contributed by atoms with Crippen LogP contribution >= 0.6 is 0 Å². The summed E-state index contributed by atoms with van der Waals surface area (Å²) in [5.74, 6) is -9.72. The molecule has 9 aliphatic heterocycles. The van der Waals surface area contributed by atoms with E-state index in [0.717, 1.165) is 51.1 Å². The zero-order chi connectivity index (χ0) is 108. The predicted octanol–water partition coefficient (Wildman–Crippen LogP) is 3.26. The number of rotatable bonds is 14. The van der Waals surface area contributed by atoms with Crippen LogP contribution in [0.15, 0.2) is 103 Å². The van der Waals surface area contributed by atoms with Crippen molar-refractivity contribution >= 4 is 54.0 Å². The van der Waals surface area contributed by atoms with Crippen molar-refractivity contribution in [1.29, 1.82) is 0 Å². The molecular formula is C93H119F6N11O33. The van der Waals surface area contributed by atoms with Gasteiger partial charge in [0, 0.05) is 101 Å². The number of methoxy groups -OCH3 is 6. The Bertz CT molecular complexity index is 5650. The number of pyridine rings is 3. The molecule has 3 aromatic carbocycles. The Morgan fingerprint density at radius 1 is 0.497 bits per heavy atom. The molecule has 13 N–H and O–H groups in total. The van der Waals surface area contributed by atoms with E-state index in [9.17, 15) is 84.2 Å². The summed E-state index contributed by atoms with van der Waals surface area (Å²) in [7, 11) is 10.8. The van der Waals surface area contributed by atoms with Gasteiger partial charge in [-0.15, -0.1) is 0 Å². The Labute approximate surface area is 816 Å². The number of alkyl carbamates (subject to hydrolysis) is 1. The Hall–Kier alpha value is -13.4. The molecule has 0 unspecified atom stereocenters. The fourth-order valence-corrected chi connectivity index (χ4v) is 14.5. The molecular weight excluding hydrogens is 1910 g/mol. The number of benzene rings is 3. The summed E-state index contributed by atoms with van der Waals surface area (Å²) in [4.78, 5) is 169. The zero-order valence-corrected chi connectivity index (χ0v) is 80.7. The molecule has 13 heterocycles. The standard InChI is InChI=1S/C21H24N2O7.C19H16F3N3O5.C14H16N2O6.C9H10O5.C7H6F3N.2C5H11NO.C5H10O2.C4H9NO2.C2H6.2CO2/c1-13-19(27-2)18(24)15(20(25)28-3)9-23(13)17-12-29-11-16(17)22-21(26)30-10-14-7-5-4-6-8-14;1-24-13-6-30-7-14(13)25-5-10(16(26)17(27)15(25)19(24)29)18(28)23-4-9-11(21)2-8(20)3-12(9)22;1-15-8-5-22-6-9(8)16-4-7(14(19)21-3)11(17)12(20-2)10(16)13(15)18;1-5-8(12-2)7(10)6(4-14-5)9(11)13-3;8-4-1-6(9)5(3-11)7(10)2-4;3*1-4-2-7-3-5(4)6;5-3-1-7-2-4(3)6;1-2;2*2-1-3/h4-9,16-17H,10-12H2,1-3H3,(H,22,26);2-3,5,13-14,27H,4,6-7H2,1H3,(H,23,28);4,8-9H,5-6H2,1-3H3;4H,1-3H3;1-2H,3,11H2;2*4-5H,2-3,6H2,1H3;4-6H,2-3H2,1H3;3-4,6H,1-2,5H2;1-2H3;;/t16-,17+;13-,14+;8-,9+;;;2*4-,5+;4-,5-;3-,4-;;;/m000..0000.../s1/i;;;;;;;;;1D;;. The molecule has 4 amide bonds. The molecule has 786 valence electrons. The number of likely N-dealkylation sites (N-methyl/N-ethyl adjacent to an activating group) is 2. The molecule has 0 bridgehead atoms. The molecule has 0 spiro atoms. The largest absolute Gasteiger partial charge is 0.503 e. The van der Waals surface area contributed by atoms with Gasteiger partial charge in [-0.2, -0.15) is 19.2 Å². The Morgan fingerprint density at radius 3 is 1.29 bits per heavy atom. The number of amides is 4. The van der Waals surface area contributed by atoms with Crippen LogP contribution < -0.4 is 69.5 Å². The maximum absolute atomic E-state index is 13.8. The minimum Gasteiger partial charge on any atom is -0.503 e. The SMILES string of the molecule is CN1C(=O)c2c(O)c(=O)c(C(=O)NCc3c(F)cc(F)cc3F)cn2[C@@H]2COC[C@@H]21.COC(=O)c1cn([C@@H]2COC[C@@H]2NC(=O)OCc2ccccc2)c(C)c(OC)c1=O.COC(=O)c1cn2c(c(OC)c1=O)C(=O)N(C)[C@H]1COC[C@H]12.COC(=O)c1coc(C)c(OC)c1=O.C[C@H]1COC[C@@H]1O.C[C@H]1COC[C@H]1N.C[C@H]1COC[C@H]1N.NCc1c(F)cc(F)cc1F.N[C@H]1COC[C@@H]1O.O=C=O.O=C=O.[2H]CC. The Balaban J connectivity index is 0.000000297. The van der Waals surface area contributed by atoms with E-state index in [4.69, 9.17) is 115 Å². The topological polar surface area (TPSA) is 609 Å². The quantitative estimate of drug-likeness (QED) is 0.0428. The summed E-state index contributed by atoms with van der Waals surface area (Å²) in [6.45, 7) is 18.1. The number of nitrogens with zero attached hydrogens (tertiary/aromatic N) is 5. The number of aliphatic hydroxyl groups excluding tert-OH is 2. The van der Waals surface area contributed by atoms with Crippen molar-refractivity contribution in [3.05, 3.63) is 217 Å². The fourth-order valence-electron chi connectivity index (χ4n) is 14.5. The van der Waals surface area contributed by atoms with Crippen LogP contribution in [-0.4, -0.2) is 291 Å². The van der Waals surface area contributed by atoms with Gasteiger partial charge in [-0.1, -0.05) is 64.9 Å². The lowest BCUT2D eigenvalue weighted by atomic mass is 10.0. The molecule has 9 aliphatic rings. The van der Waals surface area contributed by atoms with Crippen LogP contribution in [0.4, 0.5) is 31.1 Å². The first-order valence-corrected chi connectivity index (χ1v) is 43.6. The van der Waals surface area contributed by atoms with Crippen molar-refractivity contribution in [3.63, 3.8) is 0 Å². The van der Waals surface area contributed by atoms with Gasteiger partial charge in [0.1, 0.15) is 75.8 Å². The number of aryl methyl sites for hydroxylation is 1. The predicted molar refractivity (Wildman–Crippen MR) is 487 cm³/mol. The van der Waals surface area contributed by atoms with E-state index < -0.39 is 134 Å². The monoisotopic (exact) mass is 2030 g/mol. The van der Waals surface area contributed by atoms with E-state index in [2.05, 4.69) is 34.0 Å². The molecule has 50 heteroatoms. The number of aromatic nitrogens is 3. The third-order valence-electron chi connectivity index (χ3n) is 22.9. The van der Waals surface area contributed by atoms with Gasteiger partial charge in [0.05, 0.1) is 195 Å². The number of carbonyl (C=O) groups is 7. The van der Waals surface area contributed by atoms with Gasteiger partial charge in [0.2, 0.25) is 27.5 Å². The van der Waals surface area contributed by atoms with Crippen LogP contribution in [0.3, 0.4) is 0 Å². The van der Waals surface area contributed by atoms with Crippen LogP contribution in [0.1, 0.15) is 145 Å². The lowest BCUT2D eigenvalue weighted by Gasteiger charge is -2.37. The summed E-state index contributed by atoms with van der Waals surface area (Å²) >= 11 is 0. The molecule has 0 saturated carbocycles. The summed E-state index contributed by atoms with van der Waals surface area (Å²) < 4.78 is 164. The van der Waals surface area contributed by atoms with Crippen LogP contribution in [0.25, 0.3) is 0 Å². The van der Waals surface area contributed by atoms with E-state index in [1.165, 1.54) is 71.6 Å². The van der Waals surface area contributed by atoms with Gasteiger partial charge in [0.25, 0.3) is 17.7 Å². The van der Waals surface area contributed by atoms with Gasteiger partial charge in [-0.05, 0) is 31.2 Å².